The highest BCUT2D eigenvalue weighted by Gasteiger charge is 2.11. The fourth-order valence-corrected chi connectivity index (χ4v) is 2.28. The van der Waals surface area contributed by atoms with Gasteiger partial charge in [-0.2, -0.15) is 5.10 Å². The Hall–Kier alpha value is -1.20. The fraction of sp³-hybridized carbons (Fsp3) is 0.385. The first-order chi connectivity index (χ1) is 8.61. The number of rotatable bonds is 4. The van der Waals surface area contributed by atoms with E-state index >= 15 is 0 Å². The molecule has 0 aliphatic carbocycles. The molecule has 0 aromatic carbocycles. The van der Waals surface area contributed by atoms with Gasteiger partial charge in [0.2, 0.25) is 0 Å². The Balaban J connectivity index is 2.24. The Bertz CT molecular complexity index is 531. The van der Waals surface area contributed by atoms with Crippen LogP contribution in [0.4, 0.5) is 0 Å². The summed E-state index contributed by atoms with van der Waals surface area (Å²) >= 11 is 3.38. The number of halogens is 1. The zero-order chi connectivity index (χ0) is 13.1. The van der Waals surface area contributed by atoms with Crippen molar-refractivity contribution in [1.29, 1.82) is 0 Å². The van der Waals surface area contributed by atoms with Gasteiger partial charge in [0.15, 0.2) is 0 Å². The summed E-state index contributed by atoms with van der Waals surface area (Å²) < 4.78 is 2.99. The Morgan fingerprint density at radius 2 is 2.11 bits per heavy atom. The number of hydrogen-bond acceptors (Lipinski definition) is 3. The van der Waals surface area contributed by atoms with Gasteiger partial charge in [-0.25, -0.2) is 0 Å². The van der Waals surface area contributed by atoms with Crippen LogP contribution in [0.25, 0.3) is 0 Å². The lowest BCUT2D eigenvalue weighted by molar-refractivity contribution is 0.645. The molecule has 2 N–H and O–H groups in total. The predicted octanol–water partition coefficient (Wildman–Crippen LogP) is 2.21. The number of nitrogens with two attached hydrogens (primary N) is 1. The summed E-state index contributed by atoms with van der Waals surface area (Å²) in [6.07, 6.45) is 2.69. The third-order valence-corrected chi connectivity index (χ3v) is 3.50. The zero-order valence-electron chi connectivity index (χ0n) is 10.7. The Morgan fingerprint density at radius 1 is 1.33 bits per heavy atom. The topological polar surface area (TPSA) is 56.7 Å². The van der Waals surface area contributed by atoms with Gasteiger partial charge in [-0.15, -0.1) is 0 Å². The molecule has 0 saturated heterocycles. The Kier molecular flexibility index (Phi) is 4.14. The van der Waals surface area contributed by atoms with Gasteiger partial charge >= 0.3 is 0 Å². The molecule has 0 aliphatic heterocycles. The minimum Gasteiger partial charge on any atom is -0.330 e. The van der Waals surface area contributed by atoms with E-state index in [9.17, 15) is 0 Å². The number of hydrogen-bond donors (Lipinski definition) is 1. The van der Waals surface area contributed by atoms with Crippen LogP contribution in [-0.2, 0) is 13.0 Å². The third kappa shape index (κ3) is 2.79. The van der Waals surface area contributed by atoms with Gasteiger partial charge in [-0.05, 0) is 60.4 Å². The quantitative estimate of drug-likeness (QED) is 0.942. The lowest BCUT2D eigenvalue weighted by Gasteiger charge is -2.05. The maximum Gasteiger partial charge on any atom is 0.0834 e. The van der Waals surface area contributed by atoms with Crippen LogP contribution in [-0.4, -0.2) is 21.3 Å². The molecule has 0 aliphatic rings. The summed E-state index contributed by atoms with van der Waals surface area (Å²) in [5.41, 5.74) is 10.1. The zero-order valence-corrected chi connectivity index (χ0v) is 12.2. The Morgan fingerprint density at radius 3 is 2.72 bits per heavy atom. The monoisotopic (exact) mass is 308 g/mol. The van der Waals surface area contributed by atoms with E-state index in [1.807, 2.05) is 29.9 Å². The number of nitrogens with zero attached hydrogens (tertiary/aromatic N) is 3. The van der Waals surface area contributed by atoms with Crippen molar-refractivity contribution in [3.8, 4) is 0 Å². The molecule has 2 heterocycles. The second-order valence-electron chi connectivity index (χ2n) is 4.31. The lowest BCUT2D eigenvalue weighted by Crippen LogP contribution is -2.07. The van der Waals surface area contributed by atoms with Gasteiger partial charge in [-0.3, -0.25) is 9.67 Å². The molecule has 0 radical (unpaired) electrons. The molecule has 0 amide bonds. The van der Waals surface area contributed by atoms with Crippen molar-refractivity contribution in [2.24, 2.45) is 5.73 Å². The molecule has 5 heteroatoms. The highest BCUT2D eigenvalue weighted by Crippen LogP contribution is 2.15. The molecule has 0 unspecified atom stereocenters. The lowest BCUT2D eigenvalue weighted by atomic mass is 10.1. The van der Waals surface area contributed by atoms with Crippen LogP contribution >= 0.6 is 15.9 Å². The van der Waals surface area contributed by atoms with Crippen LogP contribution in [0, 0.1) is 13.8 Å². The second kappa shape index (κ2) is 5.63. The normalized spacial score (nSPS) is 10.9. The molecule has 2 aromatic rings. The fourth-order valence-electron chi connectivity index (χ4n) is 2.05. The second-order valence-corrected chi connectivity index (χ2v) is 5.23. The summed E-state index contributed by atoms with van der Waals surface area (Å²) in [6.45, 7) is 5.47. The molecule has 96 valence electrons. The first-order valence-corrected chi connectivity index (χ1v) is 6.74. The highest BCUT2D eigenvalue weighted by molar-refractivity contribution is 9.10. The van der Waals surface area contributed by atoms with Crippen LogP contribution in [0.5, 0.6) is 0 Å². The van der Waals surface area contributed by atoms with E-state index in [0.717, 1.165) is 22.3 Å². The predicted molar refractivity (Wildman–Crippen MR) is 75.5 cm³/mol. The Labute approximate surface area is 115 Å². The average molecular weight is 309 g/mol. The van der Waals surface area contributed by atoms with Gasteiger partial charge in [0.05, 0.1) is 17.9 Å². The first-order valence-electron chi connectivity index (χ1n) is 5.95. The molecule has 2 rings (SSSR count). The van der Waals surface area contributed by atoms with Crippen molar-refractivity contribution < 1.29 is 0 Å². The van der Waals surface area contributed by atoms with Gasteiger partial charge in [-0.1, -0.05) is 0 Å². The summed E-state index contributed by atoms with van der Waals surface area (Å²) in [5, 5.41) is 4.56. The van der Waals surface area contributed by atoms with E-state index in [2.05, 4.69) is 32.9 Å². The minimum absolute atomic E-state index is 0.657. The van der Waals surface area contributed by atoms with Gasteiger partial charge in [0.1, 0.15) is 0 Å². The highest BCUT2D eigenvalue weighted by atomic mass is 79.9. The molecular weight excluding hydrogens is 292 g/mol. The maximum absolute atomic E-state index is 5.62. The van der Waals surface area contributed by atoms with E-state index in [0.29, 0.717) is 13.1 Å². The SMILES string of the molecule is Cc1nn(Cc2ccc(Br)cn2)c(C)c1CCN. The van der Waals surface area contributed by atoms with E-state index in [1.165, 1.54) is 11.3 Å². The molecule has 0 saturated carbocycles. The van der Waals surface area contributed by atoms with Crippen LogP contribution in [0.3, 0.4) is 0 Å². The molecule has 18 heavy (non-hydrogen) atoms. The number of aromatic nitrogens is 3. The van der Waals surface area contributed by atoms with E-state index in [-0.39, 0.29) is 0 Å². The molecule has 0 spiro atoms. The van der Waals surface area contributed by atoms with Crippen molar-refractivity contribution >= 4 is 15.9 Å². The van der Waals surface area contributed by atoms with Gasteiger partial charge in [0, 0.05) is 16.4 Å². The molecule has 0 fully saturated rings. The van der Waals surface area contributed by atoms with Crippen LogP contribution in [0.15, 0.2) is 22.8 Å². The number of aryl methyl sites for hydroxylation is 1. The maximum atomic E-state index is 5.62. The van der Waals surface area contributed by atoms with Crippen molar-refractivity contribution in [2.45, 2.75) is 26.8 Å². The largest absolute Gasteiger partial charge is 0.330 e. The van der Waals surface area contributed by atoms with Gasteiger partial charge < -0.3 is 5.73 Å². The standard InChI is InChI=1S/C13H17BrN4/c1-9-13(5-6-15)10(2)18(17-9)8-12-4-3-11(14)7-16-12/h3-4,7H,5-6,8,15H2,1-2H3. The van der Waals surface area contributed by atoms with Crippen molar-refractivity contribution in [2.75, 3.05) is 6.54 Å². The molecule has 2 aromatic heterocycles. The van der Waals surface area contributed by atoms with Crippen LogP contribution < -0.4 is 5.73 Å². The molecular formula is C13H17BrN4. The molecule has 0 bridgehead atoms. The van der Waals surface area contributed by atoms with Crippen molar-refractivity contribution in [1.82, 2.24) is 14.8 Å². The summed E-state index contributed by atoms with van der Waals surface area (Å²) in [5.74, 6) is 0. The average Bonchev–Trinajstić information content (AvgIpc) is 2.60. The van der Waals surface area contributed by atoms with Gasteiger partial charge in [0.25, 0.3) is 0 Å². The molecule has 0 atom stereocenters. The molecule has 4 nitrogen and oxygen atoms in total. The van der Waals surface area contributed by atoms with Crippen LogP contribution in [0.2, 0.25) is 0 Å². The van der Waals surface area contributed by atoms with E-state index in [1.54, 1.807) is 0 Å². The summed E-state index contributed by atoms with van der Waals surface area (Å²) in [4.78, 5) is 4.37. The van der Waals surface area contributed by atoms with Crippen LogP contribution in [0.1, 0.15) is 22.6 Å². The smallest absolute Gasteiger partial charge is 0.0834 e. The summed E-state index contributed by atoms with van der Waals surface area (Å²) in [7, 11) is 0. The minimum atomic E-state index is 0.657. The van der Waals surface area contributed by atoms with Crippen molar-refractivity contribution in [3.63, 3.8) is 0 Å². The number of pyridine rings is 1. The third-order valence-electron chi connectivity index (χ3n) is 3.03. The summed E-state index contributed by atoms with van der Waals surface area (Å²) in [6, 6.07) is 4.00. The van der Waals surface area contributed by atoms with E-state index in [4.69, 9.17) is 5.73 Å². The van der Waals surface area contributed by atoms with Crippen molar-refractivity contribution in [3.05, 3.63) is 45.4 Å². The first kappa shape index (κ1) is 13.2. The van der Waals surface area contributed by atoms with E-state index < -0.39 is 0 Å².